The third-order valence-electron chi connectivity index (χ3n) is 6.07. The number of thiazole rings is 1. The topological polar surface area (TPSA) is 66.0 Å². The number of aryl methyl sites for hydroxylation is 1. The lowest BCUT2D eigenvalue weighted by molar-refractivity contribution is 0.0566. The summed E-state index contributed by atoms with van der Waals surface area (Å²) in [5.74, 6) is -0.375. The van der Waals surface area contributed by atoms with Crippen LogP contribution < -0.4 is 0 Å². The molecule has 1 fully saturated rings. The Hall–Kier alpha value is -3.30. The number of aromatic nitrogens is 1. The molecule has 0 N–H and O–H groups in total. The van der Waals surface area contributed by atoms with E-state index in [4.69, 9.17) is 4.74 Å². The van der Waals surface area contributed by atoms with Gasteiger partial charge in [0.2, 0.25) is 0 Å². The van der Waals surface area contributed by atoms with Gasteiger partial charge in [0, 0.05) is 44.6 Å². The maximum absolute atomic E-state index is 13.4. The van der Waals surface area contributed by atoms with E-state index in [1.807, 2.05) is 0 Å². The molecule has 2 amide bonds. The van der Waals surface area contributed by atoms with Gasteiger partial charge in [-0.25, -0.2) is 14.2 Å². The summed E-state index contributed by atoms with van der Waals surface area (Å²) in [7, 11) is 0. The van der Waals surface area contributed by atoms with Crippen LogP contribution >= 0.6 is 11.3 Å². The number of amides is 2. The van der Waals surface area contributed by atoms with Crippen LogP contribution in [-0.4, -0.2) is 64.5 Å². The van der Waals surface area contributed by atoms with E-state index in [1.54, 1.807) is 34.2 Å². The second-order valence-corrected chi connectivity index (χ2v) is 9.80. The first-order chi connectivity index (χ1) is 17.4. The normalized spacial score (nSPS) is 13.8. The summed E-state index contributed by atoms with van der Waals surface area (Å²) in [6.45, 7) is 7.88. The molecule has 7 nitrogen and oxygen atoms in total. The van der Waals surface area contributed by atoms with Gasteiger partial charge < -0.3 is 14.5 Å². The molecule has 0 radical (unpaired) electrons. The highest BCUT2D eigenvalue weighted by Crippen LogP contribution is 2.19. The number of carbonyl (C=O) groups excluding carboxylic acids is 2. The number of ether oxygens (including phenoxy) is 1. The highest BCUT2D eigenvalue weighted by Gasteiger charge is 2.27. The van der Waals surface area contributed by atoms with Crippen LogP contribution in [0, 0.1) is 12.7 Å². The first-order valence-corrected chi connectivity index (χ1v) is 13.0. The fraction of sp³-hybridized carbons (Fsp3) is 0.370. The van der Waals surface area contributed by atoms with Crippen LogP contribution in [-0.2, 0) is 24.4 Å². The van der Waals surface area contributed by atoms with Crippen molar-refractivity contribution in [3.63, 3.8) is 0 Å². The molecule has 0 spiro atoms. The van der Waals surface area contributed by atoms with Crippen LogP contribution in [0.5, 0.6) is 0 Å². The molecule has 1 aliphatic heterocycles. The lowest BCUT2D eigenvalue weighted by Gasteiger charge is -2.33. The minimum atomic E-state index is -0.338. The summed E-state index contributed by atoms with van der Waals surface area (Å²) in [6, 6.07) is 14.9. The average molecular weight is 511 g/mol. The molecule has 36 heavy (non-hydrogen) atoms. The van der Waals surface area contributed by atoms with Gasteiger partial charge in [0.25, 0.3) is 5.91 Å². The number of halogens is 1. The molecule has 4 rings (SSSR count). The van der Waals surface area contributed by atoms with Crippen molar-refractivity contribution in [3.05, 3.63) is 87.1 Å². The zero-order valence-corrected chi connectivity index (χ0v) is 21.5. The Labute approximate surface area is 215 Å². The van der Waals surface area contributed by atoms with E-state index in [0.29, 0.717) is 58.1 Å². The Morgan fingerprint density at radius 2 is 1.53 bits per heavy atom. The summed E-state index contributed by atoms with van der Waals surface area (Å²) >= 11 is 1.46. The van der Waals surface area contributed by atoms with Gasteiger partial charge in [-0.15, -0.1) is 11.3 Å². The Morgan fingerprint density at radius 3 is 2.14 bits per heavy atom. The summed E-state index contributed by atoms with van der Waals surface area (Å²) in [5.41, 5.74) is 3.82. The van der Waals surface area contributed by atoms with Gasteiger partial charge in [-0.3, -0.25) is 9.69 Å². The number of carbonyl (C=O) groups is 2. The summed E-state index contributed by atoms with van der Waals surface area (Å²) in [5, 5.41) is 2.65. The molecule has 3 aromatic rings. The van der Waals surface area contributed by atoms with Crippen molar-refractivity contribution in [2.45, 2.75) is 33.5 Å². The van der Waals surface area contributed by atoms with Crippen molar-refractivity contribution in [2.24, 2.45) is 0 Å². The van der Waals surface area contributed by atoms with E-state index >= 15 is 0 Å². The van der Waals surface area contributed by atoms with Gasteiger partial charge in [-0.1, -0.05) is 42.0 Å². The predicted octanol–water partition coefficient (Wildman–Crippen LogP) is 4.71. The third kappa shape index (κ3) is 6.89. The molecular weight excluding hydrogens is 479 g/mol. The SMILES string of the molecule is CCOC(=O)N1CCN(C(=O)c2csc(CN(Cc3ccc(C)cc3)Cc3ccc(F)cc3)n2)CC1. The number of benzene rings is 2. The highest BCUT2D eigenvalue weighted by atomic mass is 32.1. The number of hydrogen-bond donors (Lipinski definition) is 0. The quantitative estimate of drug-likeness (QED) is 0.439. The molecule has 2 heterocycles. The van der Waals surface area contributed by atoms with Crippen molar-refractivity contribution < 1.29 is 18.7 Å². The fourth-order valence-corrected chi connectivity index (χ4v) is 4.92. The second kappa shape index (κ2) is 12.1. The van der Waals surface area contributed by atoms with Gasteiger partial charge in [0.1, 0.15) is 16.5 Å². The molecule has 9 heteroatoms. The van der Waals surface area contributed by atoms with Crippen molar-refractivity contribution in [3.8, 4) is 0 Å². The summed E-state index contributed by atoms with van der Waals surface area (Å²) < 4.78 is 18.4. The standard InChI is InChI=1S/C27H31FN4O3S/c1-3-35-27(34)32-14-12-31(13-15-32)26(33)24-19-36-25(29-24)18-30(16-21-6-4-20(2)5-7-21)17-22-8-10-23(28)11-9-22/h4-11,19H,3,12-18H2,1-2H3. The van der Waals surface area contributed by atoms with Crippen molar-refractivity contribution in [1.29, 1.82) is 0 Å². The lowest BCUT2D eigenvalue weighted by Crippen LogP contribution is -2.50. The average Bonchev–Trinajstić information content (AvgIpc) is 3.35. The Morgan fingerprint density at radius 1 is 0.944 bits per heavy atom. The van der Waals surface area contributed by atoms with Gasteiger partial charge in [0.15, 0.2) is 0 Å². The Kier molecular flexibility index (Phi) is 8.66. The Balaban J connectivity index is 1.41. The van der Waals surface area contributed by atoms with E-state index in [9.17, 15) is 14.0 Å². The van der Waals surface area contributed by atoms with E-state index in [0.717, 1.165) is 10.6 Å². The largest absolute Gasteiger partial charge is 0.450 e. The number of rotatable bonds is 8. The van der Waals surface area contributed by atoms with Crippen LogP contribution in [0.4, 0.5) is 9.18 Å². The minimum Gasteiger partial charge on any atom is -0.450 e. The predicted molar refractivity (Wildman–Crippen MR) is 137 cm³/mol. The molecule has 0 aliphatic carbocycles. The smallest absolute Gasteiger partial charge is 0.409 e. The maximum atomic E-state index is 13.4. The molecule has 1 aliphatic rings. The van der Waals surface area contributed by atoms with Crippen molar-refractivity contribution in [2.75, 3.05) is 32.8 Å². The number of piperazine rings is 1. The molecule has 1 aromatic heterocycles. The maximum Gasteiger partial charge on any atom is 0.409 e. The van der Waals surface area contributed by atoms with Crippen LogP contribution in [0.1, 0.15) is 39.1 Å². The molecule has 190 valence electrons. The molecule has 0 atom stereocenters. The van der Waals surface area contributed by atoms with Crippen LogP contribution in [0.25, 0.3) is 0 Å². The van der Waals surface area contributed by atoms with E-state index < -0.39 is 0 Å². The molecule has 0 unspecified atom stereocenters. The van der Waals surface area contributed by atoms with Crippen molar-refractivity contribution >= 4 is 23.3 Å². The van der Waals surface area contributed by atoms with E-state index in [2.05, 4.69) is 41.1 Å². The first kappa shape index (κ1) is 25.8. The van der Waals surface area contributed by atoms with Crippen LogP contribution in [0.15, 0.2) is 53.9 Å². The molecule has 0 bridgehead atoms. The van der Waals surface area contributed by atoms with Crippen LogP contribution in [0.2, 0.25) is 0 Å². The van der Waals surface area contributed by atoms with Gasteiger partial charge >= 0.3 is 6.09 Å². The third-order valence-corrected chi connectivity index (χ3v) is 6.90. The van der Waals surface area contributed by atoms with Crippen molar-refractivity contribution in [1.82, 2.24) is 19.7 Å². The minimum absolute atomic E-state index is 0.121. The first-order valence-electron chi connectivity index (χ1n) is 12.1. The zero-order chi connectivity index (χ0) is 25.5. The fourth-order valence-electron chi connectivity index (χ4n) is 4.11. The van der Waals surface area contributed by atoms with Gasteiger partial charge in [0.05, 0.1) is 13.2 Å². The molecular formula is C27H31FN4O3S. The lowest BCUT2D eigenvalue weighted by atomic mass is 10.1. The summed E-state index contributed by atoms with van der Waals surface area (Å²) in [4.78, 5) is 35.2. The molecule has 2 aromatic carbocycles. The number of nitrogens with zero attached hydrogens (tertiary/aromatic N) is 4. The van der Waals surface area contributed by atoms with E-state index in [-0.39, 0.29) is 17.8 Å². The second-order valence-electron chi connectivity index (χ2n) is 8.86. The van der Waals surface area contributed by atoms with Gasteiger partial charge in [-0.05, 0) is 37.1 Å². The number of hydrogen-bond acceptors (Lipinski definition) is 6. The zero-order valence-electron chi connectivity index (χ0n) is 20.7. The molecule has 0 saturated carbocycles. The van der Waals surface area contributed by atoms with E-state index in [1.165, 1.54) is 34.6 Å². The Bertz CT molecular complexity index is 1110. The van der Waals surface area contributed by atoms with Crippen LogP contribution in [0.3, 0.4) is 0 Å². The monoisotopic (exact) mass is 510 g/mol. The van der Waals surface area contributed by atoms with Gasteiger partial charge in [-0.2, -0.15) is 0 Å². The highest BCUT2D eigenvalue weighted by molar-refractivity contribution is 7.09. The summed E-state index contributed by atoms with van der Waals surface area (Å²) in [6.07, 6.45) is -0.338. The molecule has 1 saturated heterocycles.